The van der Waals surface area contributed by atoms with E-state index in [1.165, 1.54) is 16.9 Å². The first-order valence-corrected chi connectivity index (χ1v) is 7.44. The number of fused-ring (bicyclic) bond motifs is 1. The van der Waals surface area contributed by atoms with Gasteiger partial charge in [0.25, 0.3) is 0 Å². The molecule has 2 aromatic rings. The van der Waals surface area contributed by atoms with Gasteiger partial charge < -0.3 is 5.32 Å². The van der Waals surface area contributed by atoms with Gasteiger partial charge in [-0.3, -0.25) is 4.79 Å². The molecule has 1 aromatic carbocycles. The third kappa shape index (κ3) is 2.06. The molecule has 5 heteroatoms. The second-order valence-electron chi connectivity index (χ2n) is 5.65. The number of nitrogens with zero attached hydrogens (tertiary/aromatic N) is 2. The molecule has 1 aromatic heterocycles. The number of thiazole rings is 1. The van der Waals surface area contributed by atoms with Gasteiger partial charge in [0, 0.05) is 0 Å². The van der Waals surface area contributed by atoms with E-state index in [4.69, 9.17) is 0 Å². The first kappa shape index (κ1) is 13.1. The highest BCUT2D eigenvalue weighted by molar-refractivity contribution is 7.22. The third-order valence-electron chi connectivity index (χ3n) is 3.81. The summed E-state index contributed by atoms with van der Waals surface area (Å²) in [5.41, 5.74) is 1.19. The second-order valence-corrected chi connectivity index (χ2v) is 6.68. The lowest BCUT2D eigenvalue weighted by atomic mass is 9.63. The quantitative estimate of drug-likeness (QED) is 0.918. The minimum absolute atomic E-state index is 0.214. The lowest BCUT2D eigenvalue weighted by molar-refractivity contribution is -0.128. The van der Waals surface area contributed by atoms with Crippen LogP contribution in [0.15, 0.2) is 18.2 Å². The summed E-state index contributed by atoms with van der Waals surface area (Å²) in [6.45, 7) is 4.08. The zero-order valence-electron chi connectivity index (χ0n) is 11.4. The van der Waals surface area contributed by atoms with Gasteiger partial charge in [-0.1, -0.05) is 24.3 Å². The summed E-state index contributed by atoms with van der Waals surface area (Å²) in [5.74, 6) is 0.229. The van der Waals surface area contributed by atoms with Crippen LogP contribution in [0.25, 0.3) is 10.2 Å². The number of nitrogens with one attached hydrogen (secondary N) is 1. The van der Waals surface area contributed by atoms with Crippen molar-refractivity contribution in [1.82, 2.24) is 4.98 Å². The fourth-order valence-corrected chi connectivity index (χ4v) is 3.72. The normalized spacial score (nSPS) is 24.9. The second kappa shape index (κ2) is 4.57. The molecule has 0 unspecified atom stereocenters. The number of nitriles is 1. The largest absolute Gasteiger partial charge is 0.301 e. The molecule has 1 amide bonds. The van der Waals surface area contributed by atoms with Crippen LogP contribution in [0.5, 0.6) is 0 Å². The maximum absolute atomic E-state index is 12.3. The van der Waals surface area contributed by atoms with Crippen molar-refractivity contribution in [3.63, 3.8) is 0 Å². The number of carbonyl (C=O) groups is 1. The van der Waals surface area contributed by atoms with Gasteiger partial charge in [0.1, 0.15) is 5.41 Å². The Morgan fingerprint density at radius 2 is 2.30 bits per heavy atom. The molecule has 0 saturated heterocycles. The Labute approximate surface area is 121 Å². The Bertz CT molecular complexity index is 722. The number of benzene rings is 1. The monoisotopic (exact) mass is 285 g/mol. The summed E-state index contributed by atoms with van der Waals surface area (Å²) >= 11 is 1.45. The van der Waals surface area contributed by atoms with Crippen LogP contribution < -0.4 is 5.32 Å². The molecule has 1 heterocycles. The molecular formula is C15H15N3OS. The highest BCUT2D eigenvalue weighted by atomic mass is 32.1. The Hall–Kier alpha value is -1.93. The fraction of sp³-hybridized carbons (Fsp3) is 0.400. The summed E-state index contributed by atoms with van der Waals surface area (Å²) in [5, 5.41) is 12.6. The van der Waals surface area contributed by atoms with E-state index < -0.39 is 5.41 Å². The highest BCUT2D eigenvalue weighted by Gasteiger charge is 2.49. The van der Waals surface area contributed by atoms with Gasteiger partial charge in [-0.15, -0.1) is 0 Å². The molecule has 4 nitrogen and oxygen atoms in total. The van der Waals surface area contributed by atoms with Gasteiger partial charge in [-0.05, 0) is 43.4 Å². The van der Waals surface area contributed by atoms with Crippen LogP contribution in [0.3, 0.4) is 0 Å². The number of hydrogen-bond donors (Lipinski definition) is 1. The molecule has 1 aliphatic carbocycles. The van der Waals surface area contributed by atoms with Crippen molar-refractivity contribution in [3.05, 3.63) is 23.8 Å². The van der Waals surface area contributed by atoms with Crippen molar-refractivity contribution < 1.29 is 4.79 Å². The molecule has 3 rings (SSSR count). The lowest BCUT2D eigenvalue weighted by Gasteiger charge is -2.38. The molecule has 0 aliphatic heterocycles. The van der Waals surface area contributed by atoms with Gasteiger partial charge in [0.05, 0.1) is 16.3 Å². The summed E-state index contributed by atoms with van der Waals surface area (Å²) in [7, 11) is 0. The summed E-state index contributed by atoms with van der Waals surface area (Å²) in [6.07, 6.45) is 1.28. The topological polar surface area (TPSA) is 65.8 Å². The van der Waals surface area contributed by atoms with Gasteiger partial charge in [0.15, 0.2) is 5.13 Å². The van der Waals surface area contributed by atoms with Crippen molar-refractivity contribution in [3.8, 4) is 6.07 Å². The fourth-order valence-electron chi connectivity index (χ4n) is 2.76. The third-order valence-corrected chi connectivity index (χ3v) is 4.74. The van der Waals surface area contributed by atoms with E-state index in [9.17, 15) is 10.1 Å². The number of aryl methyl sites for hydroxylation is 1. The van der Waals surface area contributed by atoms with Crippen LogP contribution in [-0.4, -0.2) is 10.9 Å². The molecule has 1 aliphatic rings. The zero-order valence-corrected chi connectivity index (χ0v) is 12.3. The molecule has 0 radical (unpaired) electrons. The van der Waals surface area contributed by atoms with E-state index in [0.29, 0.717) is 23.9 Å². The van der Waals surface area contributed by atoms with Crippen LogP contribution in [0.1, 0.15) is 25.3 Å². The number of hydrogen-bond acceptors (Lipinski definition) is 4. The van der Waals surface area contributed by atoms with Crippen molar-refractivity contribution >= 4 is 32.6 Å². The van der Waals surface area contributed by atoms with E-state index in [2.05, 4.69) is 23.3 Å². The first-order valence-electron chi connectivity index (χ1n) is 6.62. The molecule has 0 bridgehead atoms. The number of carbonyl (C=O) groups excluding carboxylic acids is 1. The van der Waals surface area contributed by atoms with Crippen LogP contribution in [-0.2, 0) is 4.79 Å². The van der Waals surface area contributed by atoms with E-state index in [1.807, 2.05) is 25.1 Å². The van der Waals surface area contributed by atoms with Crippen molar-refractivity contribution in [2.24, 2.45) is 11.3 Å². The summed E-state index contributed by atoms with van der Waals surface area (Å²) in [4.78, 5) is 16.7. The van der Waals surface area contributed by atoms with E-state index in [-0.39, 0.29) is 5.91 Å². The van der Waals surface area contributed by atoms with Crippen LogP contribution in [0.4, 0.5) is 5.13 Å². The SMILES string of the molecule is Cc1ccc2nc(NC(=O)C3(C#N)CC(C)C3)sc2c1. The van der Waals surface area contributed by atoms with Gasteiger partial charge in [-0.2, -0.15) is 5.26 Å². The van der Waals surface area contributed by atoms with Crippen molar-refractivity contribution in [1.29, 1.82) is 5.26 Å². The lowest BCUT2D eigenvalue weighted by Crippen LogP contribution is -2.45. The van der Waals surface area contributed by atoms with Crippen LogP contribution in [0, 0.1) is 29.6 Å². The predicted octanol–water partition coefficient (Wildman–Crippen LogP) is 3.48. The van der Waals surface area contributed by atoms with Crippen LogP contribution >= 0.6 is 11.3 Å². The van der Waals surface area contributed by atoms with Crippen LogP contribution in [0.2, 0.25) is 0 Å². The molecule has 102 valence electrons. The Kier molecular flexibility index (Phi) is 2.98. The number of rotatable bonds is 2. The minimum Gasteiger partial charge on any atom is -0.301 e. The number of aromatic nitrogens is 1. The number of anilines is 1. The predicted molar refractivity (Wildman–Crippen MR) is 79.4 cm³/mol. The molecule has 0 spiro atoms. The van der Waals surface area contributed by atoms with Gasteiger partial charge >= 0.3 is 0 Å². The van der Waals surface area contributed by atoms with E-state index >= 15 is 0 Å². The summed E-state index contributed by atoms with van der Waals surface area (Å²) in [6, 6.07) is 8.17. The van der Waals surface area contributed by atoms with Crippen molar-refractivity contribution in [2.75, 3.05) is 5.32 Å². The first-order chi connectivity index (χ1) is 9.52. The highest BCUT2D eigenvalue weighted by Crippen LogP contribution is 2.45. The van der Waals surface area contributed by atoms with Gasteiger partial charge in [-0.25, -0.2) is 4.98 Å². The minimum atomic E-state index is -0.854. The zero-order chi connectivity index (χ0) is 14.3. The average Bonchev–Trinajstić information content (AvgIpc) is 2.75. The van der Waals surface area contributed by atoms with Crippen molar-refractivity contribution in [2.45, 2.75) is 26.7 Å². The smallest absolute Gasteiger partial charge is 0.246 e. The molecule has 0 atom stereocenters. The molecular weight excluding hydrogens is 270 g/mol. The van der Waals surface area contributed by atoms with Gasteiger partial charge in [0.2, 0.25) is 5.91 Å². The standard InChI is InChI=1S/C15H15N3OS/c1-9-3-4-11-12(5-9)20-14(17-11)18-13(19)15(8-16)6-10(2)7-15/h3-5,10H,6-7H2,1-2H3,(H,17,18,19). The van der Waals surface area contributed by atoms with E-state index in [0.717, 1.165) is 10.2 Å². The maximum Gasteiger partial charge on any atom is 0.246 e. The Morgan fingerprint density at radius 3 is 2.95 bits per heavy atom. The summed E-state index contributed by atoms with van der Waals surface area (Å²) < 4.78 is 1.05. The molecule has 1 N–H and O–H groups in total. The molecule has 1 fully saturated rings. The van der Waals surface area contributed by atoms with E-state index in [1.54, 1.807) is 0 Å². The molecule has 20 heavy (non-hydrogen) atoms. The Morgan fingerprint density at radius 1 is 1.55 bits per heavy atom. The Balaban J connectivity index is 1.83. The number of amides is 1. The average molecular weight is 285 g/mol. The molecule has 1 saturated carbocycles. The maximum atomic E-state index is 12.3.